The standard InChI is InChI=1S/C41H28/c1-27-8-5-6-13-35(27)30-18-20-32(21-19-30)39-26-38(31-16-14-29(15-17-31)28-9-3-2-4-10-28)36-24-22-33-11-7-12-34-23-25-37(39)41(36)40(33)34/h2-26H,1H3. The zero-order chi connectivity index (χ0) is 27.3. The summed E-state index contributed by atoms with van der Waals surface area (Å²) < 4.78 is 0. The second kappa shape index (κ2) is 9.47. The van der Waals surface area contributed by atoms with Gasteiger partial charge >= 0.3 is 0 Å². The zero-order valence-corrected chi connectivity index (χ0v) is 22.9. The van der Waals surface area contributed by atoms with Crippen molar-refractivity contribution in [1.82, 2.24) is 0 Å². The number of rotatable bonds is 4. The van der Waals surface area contributed by atoms with Crippen molar-refractivity contribution in [1.29, 1.82) is 0 Å². The molecule has 0 unspecified atom stereocenters. The van der Waals surface area contributed by atoms with Crippen LogP contribution in [0.15, 0.2) is 152 Å². The molecule has 0 atom stereocenters. The molecule has 0 nitrogen and oxygen atoms in total. The highest BCUT2D eigenvalue weighted by molar-refractivity contribution is 6.28. The number of hydrogen-bond donors (Lipinski definition) is 0. The minimum atomic E-state index is 1.24. The molecule has 41 heavy (non-hydrogen) atoms. The summed E-state index contributed by atoms with van der Waals surface area (Å²) in [6.07, 6.45) is 0. The molecule has 0 aromatic heterocycles. The fourth-order valence-corrected chi connectivity index (χ4v) is 6.51. The highest BCUT2D eigenvalue weighted by Gasteiger charge is 2.17. The zero-order valence-electron chi connectivity index (χ0n) is 22.9. The Morgan fingerprint density at radius 2 is 0.805 bits per heavy atom. The molecular weight excluding hydrogens is 492 g/mol. The molecule has 0 bridgehead atoms. The first-order chi connectivity index (χ1) is 20.2. The monoisotopic (exact) mass is 520 g/mol. The summed E-state index contributed by atoms with van der Waals surface area (Å²) in [6, 6.07) is 55.6. The molecule has 0 aliphatic rings. The summed E-state index contributed by atoms with van der Waals surface area (Å²) >= 11 is 0. The van der Waals surface area contributed by atoms with Crippen LogP contribution in [0.25, 0.3) is 76.8 Å². The molecule has 0 aliphatic heterocycles. The van der Waals surface area contributed by atoms with Crippen LogP contribution >= 0.6 is 0 Å². The molecule has 8 aromatic rings. The van der Waals surface area contributed by atoms with Crippen molar-refractivity contribution < 1.29 is 0 Å². The maximum Gasteiger partial charge on any atom is -0.00143 e. The number of hydrogen-bond acceptors (Lipinski definition) is 0. The fourth-order valence-electron chi connectivity index (χ4n) is 6.51. The quantitative estimate of drug-likeness (QED) is 0.202. The minimum absolute atomic E-state index is 1.24. The van der Waals surface area contributed by atoms with Crippen molar-refractivity contribution in [3.63, 3.8) is 0 Å². The molecule has 0 heteroatoms. The Morgan fingerprint density at radius 3 is 1.39 bits per heavy atom. The predicted octanol–water partition coefficient (Wildman–Crippen LogP) is 11.6. The number of benzene rings is 8. The summed E-state index contributed by atoms with van der Waals surface area (Å²) in [5.74, 6) is 0. The molecule has 0 heterocycles. The molecule has 0 spiro atoms. The van der Waals surface area contributed by atoms with E-state index in [4.69, 9.17) is 0 Å². The highest BCUT2D eigenvalue weighted by Crippen LogP contribution is 2.44. The number of aryl methyl sites for hydroxylation is 1. The van der Waals surface area contributed by atoms with Crippen molar-refractivity contribution in [2.75, 3.05) is 0 Å². The lowest BCUT2D eigenvalue weighted by Gasteiger charge is -2.18. The summed E-state index contributed by atoms with van der Waals surface area (Å²) in [5, 5.41) is 7.89. The minimum Gasteiger partial charge on any atom is -0.0622 e. The van der Waals surface area contributed by atoms with Crippen LogP contribution in [0.4, 0.5) is 0 Å². The molecule has 0 saturated carbocycles. The molecule has 0 radical (unpaired) electrons. The fraction of sp³-hybridized carbons (Fsp3) is 0.0244. The van der Waals surface area contributed by atoms with Crippen molar-refractivity contribution in [2.24, 2.45) is 0 Å². The van der Waals surface area contributed by atoms with E-state index in [-0.39, 0.29) is 0 Å². The van der Waals surface area contributed by atoms with Crippen LogP contribution < -0.4 is 0 Å². The van der Waals surface area contributed by atoms with Crippen LogP contribution in [-0.2, 0) is 0 Å². The maximum atomic E-state index is 2.40. The van der Waals surface area contributed by atoms with E-state index < -0.39 is 0 Å². The van der Waals surface area contributed by atoms with Gasteiger partial charge in [-0.25, -0.2) is 0 Å². The van der Waals surface area contributed by atoms with E-state index in [0.29, 0.717) is 0 Å². The van der Waals surface area contributed by atoms with Crippen LogP contribution in [-0.4, -0.2) is 0 Å². The first-order valence-electron chi connectivity index (χ1n) is 14.3. The second-order valence-corrected chi connectivity index (χ2v) is 11.0. The smallest absolute Gasteiger partial charge is 0.00143 e. The predicted molar refractivity (Wildman–Crippen MR) is 177 cm³/mol. The molecule has 0 amide bonds. The third-order valence-electron chi connectivity index (χ3n) is 8.60. The normalized spacial score (nSPS) is 11.5. The highest BCUT2D eigenvalue weighted by atomic mass is 14.2. The van der Waals surface area contributed by atoms with Crippen molar-refractivity contribution >= 4 is 32.3 Å². The van der Waals surface area contributed by atoms with Gasteiger partial charge in [0.15, 0.2) is 0 Å². The summed E-state index contributed by atoms with van der Waals surface area (Å²) in [7, 11) is 0. The van der Waals surface area contributed by atoms with E-state index >= 15 is 0 Å². The Hall–Kier alpha value is -5.20. The largest absolute Gasteiger partial charge is 0.0622 e. The molecule has 192 valence electrons. The van der Waals surface area contributed by atoms with Gasteiger partial charge in [0.2, 0.25) is 0 Å². The van der Waals surface area contributed by atoms with Crippen molar-refractivity contribution in [3.05, 3.63) is 157 Å². The second-order valence-electron chi connectivity index (χ2n) is 11.0. The van der Waals surface area contributed by atoms with E-state index in [9.17, 15) is 0 Å². The van der Waals surface area contributed by atoms with Gasteiger partial charge in [-0.15, -0.1) is 0 Å². The maximum absolute atomic E-state index is 2.40. The van der Waals surface area contributed by atoms with Crippen molar-refractivity contribution in [2.45, 2.75) is 6.92 Å². The molecule has 8 rings (SSSR count). The Labute approximate surface area is 240 Å². The van der Waals surface area contributed by atoms with Crippen LogP contribution in [0.2, 0.25) is 0 Å². The Balaban J connectivity index is 1.36. The molecule has 8 aromatic carbocycles. The van der Waals surface area contributed by atoms with E-state index in [1.807, 2.05) is 0 Å². The van der Waals surface area contributed by atoms with Gasteiger partial charge in [0, 0.05) is 0 Å². The molecule has 0 saturated heterocycles. The summed E-state index contributed by atoms with van der Waals surface area (Å²) in [6.45, 7) is 2.18. The topological polar surface area (TPSA) is 0 Å². The molecule has 0 fully saturated rings. The third-order valence-corrected chi connectivity index (χ3v) is 8.60. The lowest BCUT2D eigenvalue weighted by Crippen LogP contribution is -1.91. The Kier molecular flexibility index (Phi) is 5.47. The van der Waals surface area contributed by atoms with Gasteiger partial charge in [-0.1, -0.05) is 146 Å². The molecule has 0 N–H and O–H groups in total. The molecule has 0 aliphatic carbocycles. The average Bonchev–Trinajstić information content (AvgIpc) is 3.04. The SMILES string of the molecule is Cc1ccccc1-c1ccc(-c2cc(-c3ccc(-c4ccccc4)cc3)c3ccc4cccc5ccc2c3c45)cc1. The van der Waals surface area contributed by atoms with Gasteiger partial charge in [-0.3, -0.25) is 0 Å². The lowest BCUT2D eigenvalue weighted by molar-refractivity contribution is 1.46. The average molecular weight is 521 g/mol. The van der Waals surface area contributed by atoms with E-state index in [2.05, 4.69) is 159 Å². The Morgan fingerprint density at radius 1 is 0.317 bits per heavy atom. The van der Waals surface area contributed by atoms with E-state index in [0.717, 1.165) is 0 Å². The van der Waals surface area contributed by atoms with Gasteiger partial charge in [0.1, 0.15) is 0 Å². The summed E-state index contributed by atoms with van der Waals surface area (Å²) in [5.41, 5.74) is 11.3. The third kappa shape index (κ3) is 3.91. The van der Waals surface area contributed by atoms with Gasteiger partial charge in [-0.05, 0) is 95.4 Å². The van der Waals surface area contributed by atoms with Crippen LogP contribution in [0.1, 0.15) is 5.56 Å². The van der Waals surface area contributed by atoms with E-state index in [1.165, 1.54) is 82.4 Å². The van der Waals surface area contributed by atoms with E-state index in [1.54, 1.807) is 0 Å². The van der Waals surface area contributed by atoms with Gasteiger partial charge in [0.25, 0.3) is 0 Å². The van der Waals surface area contributed by atoms with Crippen LogP contribution in [0.3, 0.4) is 0 Å². The first-order valence-corrected chi connectivity index (χ1v) is 14.3. The summed E-state index contributed by atoms with van der Waals surface area (Å²) in [4.78, 5) is 0. The van der Waals surface area contributed by atoms with Gasteiger partial charge < -0.3 is 0 Å². The van der Waals surface area contributed by atoms with Crippen LogP contribution in [0.5, 0.6) is 0 Å². The van der Waals surface area contributed by atoms with Gasteiger partial charge in [0.05, 0.1) is 0 Å². The first kappa shape index (κ1) is 23.7. The van der Waals surface area contributed by atoms with Crippen molar-refractivity contribution in [3.8, 4) is 44.5 Å². The lowest BCUT2D eigenvalue weighted by atomic mass is 9.85. The van der Waals surface area contributed by atoms with Gasteiger partial charge in [-0.2, -0.15) is 0 Å². The molecular formula is C41H28. The van der Waals surface area contributed by atoms with Crippen LogP contribution in [0, 0.1) is 6.92 Å². The Bertz CT molecular complexity index is 2150.